The Balaban J connectivity index is 3.40. The van der Waals surface area contributed by atoms with Crippen LogP contribution in [0.1, 0.15) is 16.8 Å². The van der Waals surface area contributed by atoms with Gasteiger partial charge in [0.1, 0.15) is 11.6 Å². The van der Waals surface area contributed by atoms with Crippen molar-refractivity contribution in [2.45, 2.75) is 13.8 Å². The van der Waals surface area contributed by atoms with Gasteiger partial charge in [0.2, 0.25) is 0 Å². The Kier molecular flexibility index (Phi) is 1.77. The number of nitrogens with one attached hydrogen (secondary N) is 1. The second-order valence-corrected chi connectivity index (χ2v) is 2.54. The van der Waals surface area contributed by atoms with Crippen molar-refractivity contribution < 1.29 is 4.98 Å². The van der Waals surface area contributed by atoms with Crippen molar-refractivity contribution in [3.05, 3.63) is 22.9 Å². The Morgan fingerprint density at radius 3 is 2.64 bits per heavy atom. The van der Waals surface area contributed by atoms with E-state index in [0.29, 0.717) is 11.4 Å². The van der Waals surface area contributed by atoms with Crippen LogP contribution in [0.15, 0.2) is 6.07 Å². The zero-order valence-corrected chi connectivity index (χ0v) is 6.60. The van der Waals surface area contributed by atoms with E-state index < -0.39 is 0 Å². The van der Waals surface area contributed by atoms with Crippen LogP contribution in [0, 0.1) is 25.2 Å². The third-order valence-electron chi connectivity index (χ3n) is 1.54. The van der Waals surface area contributed by atoms with Crippen molar-refractivity contribution in [1.82, 2.24) is 0 Å². The molecule has 0 atom stereocenters. The molecule has 3 N–H and O–H groups in total. The summed E-state index contributed by atoms with van der Waals surface area (Å²) in [6, 6.07) is 3.93. The summed E-state index contributed by atoms with van der Waals surface area (Å²) in [6.45, 7) is 3.78. The lowest BCUT2D eigenvalue weighted by Crippen LogP contribution is -2.16. The fourth-order valence-corrected chi connectivity index (χ4v) is 1.07. The maximum Gasteiger partial charge on any atom is 0.288 e. The summed E-state index contributed by atoms with van der Waals surface area (Å²) in [7, 11) is 0. The lowest BCUT2D eigenvalue weighted by molar-refractivity contribution is -0.370. The molecule has 0 spiro atoms. The van der Waals surface area contributed by atoms with Crippen molar-refractivity contribution in [3.8, 4) is 6.07 Å². The highest BCUT2D eigenvalue weighted by Crippen LogP contribution is 2.09. The monoisotopic (exact) mass is 148 g/mol. The molecule has 1 heterocycles. The third kappa shape index (κ3) is 1.30. The molecule has 0 aliphatic carbocycles. The molecule has 0 fully saturated rings. The summed E-state index contributed by atoms with van der Waals surface area (Å²) < 4.78 is 0. The fraction of sp³-hybridized carbons (Fsp3) is 0.250. The van der Waals surface area contributed by atoms with E-state index in [9.17, 15) is 0 Å². The molecule has 0 aliphatic heterocycles. The summed E-state index contributed by atoms with van der Waals surface area (Å²) in [6.07, 6.45) is 0. The van der Waals surface area contributed by atoms with E-state index in [1.165, 1.54) is 0 Å². The van der Waals surface area contributed by atoms with E-state index in [1.54, 1.807) is 0 Å². The SMILES string of the molecule is Cc1cc(C)c(C#N)c(N)[nH+]1. The first-order valence-corrected chi connectivity index (χ1v) is 3.34. The maximum atomic E-state index is 8.64. The molecule has 11 heavy (non-hydrogen) atoms. The van der Waals surface area contributed by atoms with Gasteiger partial charge in [-0.3, -0.25) is 5.73 Å². The van der Waals surface area contributed by atoms with Gasteiger partial charge in [-0.15, -0.1) is 0 Å². The molecule has 0 amide bonds. The minimum absolute atomic E-state index is 0.449. The summed E-state index contributed by atoms with van der Waals surface area (Å²) >= 11 is 0. The maximum absolute atomic E-state index is 8.64. The van der Waals surface area contributed by atoms with Gasteiger partial charge in [-0.2, -0.15) is 5.26 Å². The number of anilines is 1. The first-order chi connectivity index (χ1) is 5.15. The quantitative estimate of drug-likeness (QED) is 0.584. The van der Waals surface area contributed by atoms with Gasteiger partial charge in [0, 0.05) is 0 Å². The first-order valence-electron chi connectivity index (χ1n) is 3.34. The van der Waals surface area contributed by atoms with Crippen LogP contribution in [-0.2, 0) is 0 Å². The summed E-state index contributed by atoms with van der Waals surface area (Å²) in [5, 5.41) is 8.64. The van der Waals surface area contributed by atoms with Crippen LogP contribution in [0.2, 0.25) is 0 Å². The summed E-state index contributed by atoms with van der Waals surface area (Å²) in [4.78, 5) is 2.89. The normalized spacial score (nSPS) is 9.18. The molecular formula is C8H10N3+. The largest absolute Gasteiger partial charge is 0.288 e. The van der Waals surface area contributed by atoms with Crippen LogP contribution in [0.5, 0.6) is 0 Å². The highest BCUT2D eigenvalue weighted by molar-refractivity contribution is 5.49. The molecule has 0 bridgehead atoms. The lowest BCUT2D eigenvalue weighted by Gasteiger charge is -1.96. The van der Waals surface area contributed by atoms with Gasteiger partial charge in [0.05, 0.1) is 5.69 Å². The average molecular weight is 148 g/mol. The highest BCUT2D eigenvalue weighted by Gasteiger charge is 2.08. The van der Waals surface area contributed by atoms with Gasteiger partial charge >= 0.3 is 0 Å². The number of hydrogen-bond acceptors (Lipinski definition) is 2. The van der Waals surface area contributed by atoms with E-state index in [1.807, 2.05) is 26.0 Å². The molecule has 0 radical (unpaired) electrons. The molecule has 0 aliphatic rings. The van der Waals surface area contributed by atoms with Crippen LogP contribution in [0.25, 0.3) is 0 Å². The van der Waals surface area contributed by atoms with E-state index in [-0.39, 0.29) is 0 Å². The Labute approximate surface area is 65.5 Å². The number of rotatable bonds is 0. The zero-order valence-electron chi connectivity index (χ0n) is 6.60. The van der Waals surface area contributed by atoms with Crippen LogP contribution >= 0.6 is 0 Å². The molecule has 3 heteroatoms. The van der Waals surface area contributed by atoms with Crippen molar-refractivity contribution in [2.75, 3.05) is 5.73 Å². The van der Waals surface area contributed by atoms with Crippen LogP contribution in [0.3, 0.4) is 0 Å². The molecule has 0 unspecified atom stereocenters. The van der Waals surface area contributed by atoms with Gasteiger partial charge in [-0.05, 0) is 25.5 Å². The molecule has 0 saturated carbocycles. The predicted octanol–water partition coefficient (Wildman–Crippen LogP) is 0.571. The number of nitriles is 1. The van der Waals surface area contributed by atoms with Gasteiger partial charge < -0.3 is 0 Å². The molecule has 1 aromatic rings. The van der Waals surface area contributed by atoms with Crippen molar-refractivity contribution in [3.63, 3.8) is 0 Å². The minimum atomic E-state index is 0.449. The number of hydrogen-bond donors (Lipinski definition) is 1. The van der Waals surface area contributed by atoms with Crippen molar-refractivity contribution >= 4 is 5.82 Å². The molecular weight excluding hydrogens is 138 g/mol. The summed E-state index contributed by atoms with van der Waals surface area (Å²) in [5.74, 6) is 0.449. The molecule has 0 saturated heterocycles. The molecule has 1 aromatic heterocycles. The molecule has 3 nitrogen and oxygen atoms in total. The number of aromatic amines is 1. The van der Waals surface area contributed by atoms with Gasteiger partial charge in [-0.25, -0.2) is 4.98 Å². The topological polar surface area (TPSA) is 64.0 Å². The molecule has 1 rings (SSSR count). The third-order valence-corrected chi connectivity index (χ3v) is 1.54. The Hall–Kier alpha value is -1.56. The van der Waals surface area contributed by atoms with Crippen molar-refractivity contribution in [1.29, 1.82) is 5.26 Å². The minimum Gasteiger partial charge on any atom is -0.286 e. The van der Waals surface area contributed by atoms with E-state index in [0.717, 1.165) is 11.3 Å². The highest BCUT2D eigenvalue weighted by atomic mass is 14.8. The van der Waals surface area contributed by atoms with E-state index in [2.05, 4.69) is 4.98 Å². The lowest BCUT2D eigenvalue weighted by atomic mass is 10.1. The van der Waals surface area contributed by atoms with Gasteiger partial charge in [-0.1, -0.05) is 0 Å². The Morgan fingerprint density at radius 1 is 1.55 bits per heavy atom. The van der Waals surface area contributed by atoms with Crippen LogP contribution in [-0.4, -0.2) is 0 Å². The number of nitrogen functional groups attached to an aromatic ring is 1. The number of pyridine rings is 1. The fourth-order valence-electron chi connectivity index (χ4n) is 1.07. The number of nitrogens with zero attached hydrogens (tertiary/aromatic N) is 1. The summed E-state index contributed by atoms with van der Waals surface area (Å²) in [5.41, 5.74) is 7.98. The Morgan fingerprint density at radius 2 is 2.18 bits per heavy atom. The average Bonchev–Trinajstić information content (AvgIpc) is 1.85. The van der Waals surface area contributed by atoms with Gasteiger partial charge in [0.25, 0.3) is 5.82 Å². The van der Waals surface area contributed by atoms with Crippen LogP contribution < -0.4 is 10.7 Å². The number of nitrogens with two attached hydrogens (primary N) is 1. The smallest absolute Gasteiger partial charge is 0.286 e. The Bertz CT molecular complexity index is 300. The second-order valence-electron chi connectivity index (χ2n) is 2.54. The number of aryl methyl sites for hydroxylation is 2. The van der Waals surface area contributed by atoms with E-state index >= 15 is 0 Å². The predicted molar refractivity (Wildman–Crippen MR) is 41.6 cm³/mol. The standard InChI is InChI=1S/C8H9N3/c1-5-3-6(2)11-8(10)7(5)4-9/h3H,1-2H3,(H2,10,11)/p+1. The van der Waals surface area contributed by atoms with Gasteiger partial charge in [0.15, 0.2) is 0 Å². The molecule has 0 aromatic carbocycles. The van der Waals surface area contributed by atoms with Crippen LogP contribution in [0.4, 0.5) is 5.82 Å². The van der Waals surface area contributed by atoms with Crippen molar-refractivity contribution in [2.24, 2.45) is 0 Å². The first kappa shape index (κ1) is 7.55. The second kappa shape index (κ2) is 2.59. The zero-order chi connectivity index (χ0) is 8.43. The van der Waals surface area contributed by atoms with E-state index in [4.69, 9.17) is 11.0 Å². The number of aromatic nitrogens is 1. The molecule has 56 valence electrons. The number of H-pyrrole nitrogens is 1.